The van der Waals surface area contributed by atoms with Crippen LogP contribution in [0, 0.1) is 6.33 Å². The van der Waals surface area contributed by atoms with Gasteiger partial charge < -0.3 is 4.98 Å². The van der Waals surface area contributed by atoms with Gasteiger partial charge in [0.2, 0.25) is 0 Å². The number of para-hydroxylation sites is 1. The molecule has 0 saturated heterocycles. The van der Waals surface area contributed by atoms with Gasteiger partial charge in [-0.25, -0.2) is 4.98 Å². The van der Waals surface area contributed by atoms with E-state index in [0.717, 1.165) is 22.3 Å². The maximum Gasteiger partial charge on any atom is 0.174 e. The van der Waals surface area contributed by atoms with Crippen LogP contribution in [0.3, 0.4) is 0 Å². The first-order chi connectivity index (χ1) is 6.95. The van der Waals surface area contributed by atoms with Crippen LogP contribution in [0.5, 0.6) is 0 Å². The van der Waals surface area contributed by atoms with Crippen LogP contribution in [-0.2, 0) is 0 Å². The fourth-order valence-corrected chi connectivity index (χ4v) is 1.51. The van der Waals surface area contributed by atoms with Crippen LogP contribution in [0.2, 0.25) is 0 Å². The SMILES string of the molecule is [c]1nc(-c2n[nH]c3ccccc23)c[nH]1. The van der Waals surface area contributed by atoms with E-state index in [4.69, 9.17) is 0 Å². The minimum Gasteiger partial charge on any atom is -0.341 e. The Labute approximate surface area is 80.0 Å². The molecule has 2 heterocycles. The molecule has 0 aliphatic rings. The van der Waals surface area contributed by atoms with Crippen molar-refractivity contribution in [2.75, 3.05) is 0 Å². The molecule has 3 rings (SSSR count). The first-order valence-corrected chi connectivity index (χ1v) is 4.30. The summed E-state index contributed by atoms with van der Waals surface area (Å²) in [5.74, 6) is 0. The van der Waals surface area contributed by atoms with Crippen molar-refractivity contribution in [2.24, 2.45) is 0 Å². The molecule has 14 heavy (non-hydrogen) atoms. The van der Waals surface area contributed by atoms with Gasteiger partial charge in [0.1, 0.15) is 11.4 Å². The molecule has 4 nitrogen and oxygen atoms in total. The van der Waals surface area contributed by atoms with Crippen LogP contribution >= 0.6 is 0 Å². The number of nitrogens with zero attached hydrogens (tertiary/aromatic N) is 2. The standard InChI is InChI=1S/C10H7N4/c1-2-4-8-7(3-1)10(14-13-8)9-5-11-6-12-9/h1-5H,(H,11,12)(H,13,14). The topological polar surface area (TPSA) is 57.4 Å². The zero-order valence-corrected chi connectivity index (χ0v) is 7.28. The molecule has 0 saturated carbocycles. The summed E-state index contributed by atoms with van der Waals surface area (Å²) in [6.07, 6.45) is 4.43. The second kappa shape index (κ2) is 2.70. The lowest BCUT2D eigenvalue weighted by molar-refractivity contribution is 1.11. The number of fused-ring (bicyclic) bond motifs is 1. The zero-order chi connectivity index (χ0) is 9.38. The predicted molar refractivity (Wildman–Crippen MR) is 52.5 cm³/mol. The quantitative estimate of drug-likeness (QED) is 0.603. The van der Waals surface area contributed by atoms with Gasteiger partial charge in [-0.05, 0) is 6.07 Å². The van der Waals surface area contributed by atoms with Crippen molar-refractivity contribution in [1.82, 2.24) is 20.2 Å². The van der Waals surface area contributed by atoms with Crippen molar-refractivity contribution in [3.63, 3.8) is 0 Å². The molecule has 0 aliphatic heterocycles. The molecule has 1 aromatic carbocycles. The van der Waals surface area contributed by atoms with Crippen LogP contribution in [0.15, 0.2) is 30.5 Å². The number of benzene rings is 1. The highest BCUT2D eigenvalue weighted by Gasteiger charge is 2.08. The maximum absolute atomic E-state index is 4.21. The summed E-state index contributed by atoms with van der Waals surface area (Å²) in [5, 5.41) is 8.25. The third-order valence-corrected chi connectivity index (χ3v) is 2.16. The number of nitrogens with one attached hydrogen (secondary N) is 2. The van der Waals surface area contributed by atoms with Crippen LogP contribution in [-0.4, -0.2) is 20.2 Å². The Kier molecular flexibility index (Phi) is 1.41. The molecular weight excluding hydrogens is 176 g/mol. The summed E-state index contributed by atoms with van der Waals surface area (Å²) in [4.78, 5) is 6.84. The smallest absolute Gasteiger partial charge is 0.174 e. The summed E-state index contributed by atoms with van der Waals surface area (Å²) in [5.41, 5.74) is 2.69. The average molecular weight is 183 g/mol. The first kappa shape index (κ1) is 7.32. The summed E-state index contributed by atoms with van der Waals surface area (Å²) in [6.45, 7) is 0. The highest BCUT2D eigenvalue weighted by molar-refractivity contribution is 5.91. The van der Waals surface area contributed by atoms with Crippen molar-refractivity contribution in [2.45, 2.75) is 0 Å². The van der Waals surface area contributed by atoms with E-state index < -0.39 is 0 Å². The molecule has 1 radical (unpaired) electrons. The Hall–Kier alpha value is -2.10. The van der Waals surface area contributed by atoms with Gasteiger partial charge in [0.25, 0.3) is 0 Å². The van der Waals surface area contributed by atoms with Gasteiger partial charge in [0.15, 0.2) is 6.33 Å². The Morgan fingerprint density at radius 3 is 3.00 bits per heavy atom. The molecule has 4 heteroatoms. The van der Waals surface area contributed by atoms with E-state index in [1.807, 2.05) is 24.3 Å². The fourth-order valence-electron chi connectivity index (χ4n) is 1.51. The molecule has 0 unspecified atom stereocenters. The second-order valence-corrected chi connectivity index (χ2v) is 3.02. The maximum atomic E-state index is 4.21. The highest BCUT2D eigenvalue weighted by atomic mass is 15.1. The Bertz CT molecular complexity index is 550. The Morgan fingerprint density at radius 2 is 2.14 bits per heavy atom. The number of hydrogen-bond acceptors (Lipinski definition) is 2. The summed E-state index contributed by atoms with van der Waals surface area (Å²) in [7, 11) is 0. The van der Waals surface area contributed by atoms with E-state index >= 15 is 0 Å². The number of aromatic amines is 2. The van der Waals surface area contributed by atoms with Crippen molar-refractivity contribution in [3.05, 3.63) is 36.8 Å². The molecule has 2 aromatic heterocycles. The molecular formula is C10H7N4. The monoisotopic (exact) mass is 183 g/mol. The lowest BCUT2D eigenvalue weighted by Gasteiger charge is -1.89. The Morgan fingerprint density at radius 1 is 1.21 bits per heavy atom. The molecule has 2 N–H and O–H groups in total. The van der Waals surface area contributed by atoms with Gasteiger partial charge in [-0.3, -0.25) is 5.10 Å². The molecule has 0 atom stereocenters. The first-order valence-electron chi connectivity index (χ1n) is 4.30. The van der Waals surface area contributed by atoms with Crippen molar-refractivity contribution < 1.29 is 0 Å². The van der Waals surface area contributed by atoms with Crippen molar-refractivity contribution in [3.8, 4) is 11.4 Å². The van der Waals surface area contributed by atoms with E-state index in [1.54, 1.807) is 6.20 Å². The van der Waals surface area contributed by atoms with Crippen molar-refractivity contribution in [1.29, 1.82) is 0 Å². The van der Waals surface area contributed by atoms with Gasteiger partial charge in [0.05, 0.1) is 5.52 Å². The summed E-state index contributed by atoms with van der Waals surface area (Å²) < 4.78 is 0. The molecule has 0 fully saturated rings. The number of H-pyrrole nitrogens is 2. The molecule has 3 aromatic rings. The van der Waals surface area contributed by atoms with Gasteiger partial charge >= 0.3 is 0 Å². The lowest BCUT2D eigenvalue weighted by atomic mass is 10.2. The van der Waals surface area contributed by atoms with Gasteiger partial charge in [-0.15, -0.1) is 0 Å². The van der Waals surface area contributed by atoms with Crippen LogP contribution in [0.25, 0.3) is 22.3 Å². The average Bonchev–Trinajstić information content (AvgIpc) is 2.85. The minimum absolute atomic E-state index is 0.808. The second-order valence-electron chi connectivity index (χ2n) is 3.02. The van der Waals surface area contributed by atoms with Gasteiger partial charge in [0, 0.05) is 11.6 Å². The fraction of sp³-hybridized carbons (Fsp3) is 0. The molecule has 0 spiro atoms. The molecule has 0 bridgehead atoms. The minimum atomic E-state index is 0.808. The van der Waals surface area contributed by atoms with E-state index in [2.05, 4.69) is 26.5 Å². The molecule has 0 amide bonds. The third-order valence-electron chi connectivity index (χ3n) is 2.16. The van der Waals surface area contributed by atoms with Crippen LogP contribution in [0.4, 0.5) is 0 Å². The van der Waals surface area contributed by atoms with Gasteiger partial charge in [-0.2, -0.15) is 5.10 Å². The Balaban J connectivity index is 2.33. The van der Waals surface area contributed by atoms with Crippen LogP contribution < -0.4 is 0 Å². The lowest BCUT2D eigenvalue weighted by Crippen LogP contribution is -1.77. The number of rotatable bonds is 1. The van der Waals surface area contributed by atoms with E-state index in [-0.39, 0.29) is 0 Å². The largest absolute Gasteiger partial charge is 0.341 e. The zero-order valence-electron chi connectivity index (χ0n) is 7.28. The van der Waals surface area contributed by atoms with E-state index in [1.165, 1.54) is 0 Å². The third kappa shape index (κ3) is 0.939. The summed E-state index contributed by atoms with van der Waals surface area (Å²) in [6, 6.07) is 7.96. The van der Waals surface area contributed by atoms with Crippen molar-refractivity contribution >= 4 is 10.9 Å². The number of aromatic nitrogens is 4. The van der Waals surface area contributed by atoms with Crippen LogP contribution in [0.1, 0.15) is 0 Å². The van der Waals surface area contributed by atoms with Gasteiger partial charge in [-0.1, -0.05) is 18.2 Å². The predicted octanol–water partition coefficient (Wildman–Crippen LogP) is 1.75. The van der Waals surface area contributed by atoms with E-state index in [0.29, 0.717) is 0 Å². The normalized spacial score (nSPS) is 10.9. The highest BCUT2D eigenvalue weighted by Crippen LogP contribution is 2.23. The number of hydrogen-bond donors (Lipinski definition) is 2. The molecule has 0 aliphatic carbocycles. The summed E-state index contributed by atoms with van der Waals surface area (Å²) >= 11 is 0. The number of imidazole rings is 1. The van der Waals surface area contributed by atoms with E-state index in [9.17, 15) is 0 Å². The molecule has 67 valence electrons.